The van der Waals surface area contributed by atoms with Gasteiger partial charge in [0.05, 0.1) is 26.9 Å². The number of hydrogen-bond acceptors (Lipinski definition) is 3. The molecule has 106 valence electrons. The molecule has 1 aromatic carbocycles. The Morgan fingerprint density at radius 3 is 2.65 bits per heavy atom. The average Bonchev–Trinajstić information content (AvgIpc) is 2.86. The first-order valence-corrected chi connectivity index (χ1v) is 7.20. The largest absolute Gasteiger partial charge is 0.394 e. The molecule has 1 atom stereocenters. The van der Waals surface area contributed by atoms with Crippen molar-refractivity contribution in [3.05, 3.63) is 55.9 Å². The second kappa shape index (κ2) is 6.54. The topological polar surface area (TPSA) is 49.3 Å². The molecule has 2 rings (SSSR count). The van der Waals surface area contributed by atoms with Gasteiger partial charge in [-0.1, -0.05) is 29.3 Å². The fraction of sp³-hybridized carbons (Fsp3) is 0.154. The van der Waals surface area contributed by atoms with Crippen LogP contribution in [0.3, 0.4) is 0 Å². The smallest absolute Gasteiger partial charge is 0.261 e. The highest BCUT2D eigenvalue weighted by Crippen LogP contribution is 2.23. The van der Waals surface area contributed by atoms with Crippen LogP contribution in [0.4, 0.5) is 4.39 Å². The van der Waals surface area contributed by atoms with Gasteiger partial charge >= 0.3 is 0 Å². The number of halogens is 3. The number of carbonyl (C=O) groups is 1. The lowest BCUT2D eigenvalue weighted by Gasteiger charge is -2.16. The lowest BCUT2D eigenvalue weighted by Crippen LogP contribution is -2.30. The van der Waals surface area contributed by atoms with Gasteiger partial charge in [0.1, 0.15) is 5.82 Å². The molecule has 1 aromatic heterocycles. The Kier molecular flexibility index (Phi) is 4.99. The lowest BCUT2D eigenvalue weighted by molar-refractivity contribution is 0.0920. The van der Waals surface area contributed by atoms with E-state index in [-0.39, 0.29) is 17.5 Å². The highest BCUT2D eigenvalue weighted by atomic mass is 35.5. The number of benzene rings is 1. The summed E-state index contributed by atoms with van der Waals surface area (Å²) in [6.07, 6.45) is 0. The minimum atomic E-state index is -0.713. The quantitative estimate of drug-likeness (QED) is 0.897. The summed E-state index contributed by atoms with van der Waals surface area (Å²) in [7, 11) is 0. The van der Waals surface area contributed by atoms with Crippen molar-refractivity contribution in [1.82, 2.24) is 5.32 Å². The summed E-state index contributed by atoms with van der Waals surface area (Å²) in [5, 5.41) is 11.9. The molecule has 0 saturated carbocycles. The van der Waals surface area contributed by atoms with Crippen molar-refractivity contribution < 1.29 is 14.3 Å². The maximum atomic E-state index is 13.4. The van der Waals surface area contributed by atoms with Crippen molar-refractivity contribution in [1.29, 1.82) is 0 Å². The number of aliphatic hydroxyl groups excluding tert-OH is 1. The van der Waals surface area contributed by atoms with Crippen molar-refractivity contribution in [3.8, 4) is 0 Å². The number of carbonyl (C=O) groups excluding carboxylic acids is 1. The van der Waals surface area contributed by atoms with Crippen LogP contribution in [0, 0.1) is 5.82 Å². The van der Waals surface area contributed by atoms with E-state index in [1.54, 1.807) is 18.2 Å². The van der Waals surface area contributed by atoms with Crippen molar-refractivity contribution >= 4 is 40.4 Å². The molecule has 0 saturated heterocycles. The second-order valence-corrected chi connectivity index (χ2v) is 6.11. The van der Waals surface area contributed by atoms with Gasteiger partial charge in [-0.3, -0.25) is 4.79 Å². The van der Waals surface area contributed by atoms with Crippen LogP contribution in [0.1, 0.15) is 21.3 Å². The van der Waals surface area contributed by atoms with Gasteiger partial charge in [0, 0.05) is 0 Å². The Hall–Kier alpha value is -1.14. The van der Waals surface area contributed by atoms with E-state index < -0.39 is 11.9 Å². The molecule has 20 heavy (non-hydrogen) atoms. The summed E-state index contributed by atoms with van der Waals surface area (Å²) in [5.41, 5.74) is 0.436. The third kappa shape index (κ3) is 3.49. The maximum absolute atomic E-state index is 13.4. The van der Waals surface area contributed by atoms with E-state index in [0.29, 0.717) is 14.8 Å². The Balaban J connectivity index is 2.16. The monoisotopic (exact) mass is 333 g/mol. The number of thiophene rings is 1. The number of hydrogen-bond donors (Lipinski definition) is 2. The van der Waals surface area contributed by atoms with E-state index >= 15 is 0 Å². The SMILES string of the molecule is O=C(NC(CO)c1ccc(Cl)c(F)c1)c1ccc(Cl)s1. The van der Waals surface area contributed by atoms with Crippen molar-refractivity contribution in [2.75, 3.05) is 6.61 Å². The fourth-order valence-corrected chi connectivity index (χ4v) is 2.69. The zero-order valence-electron chi connectivity index (χ0n) is 10.1. The molecule has 0 aliphatic heterocycles. The van der Waals surface area contributed by atoms with Crippen LogP contribution >= 0.6 is 34.5 Å². The number of amides is 1. The van der Waals surface area contributed by atoms with Gasteiger partial charge < -0.3 is 10.4 Å². The molecule has 1 amide bonds. The highest BCUT2D eigenvalue weighted by molar-refractivity contribution is 7.17. The third-order valence-corrected chi connectivity index (χ3v) is 4.17. The number of nitrogens with one attached hydrogen (secondary N) is 1. The molecule has 0 fully saturated rings. The molecule has 7 heteroatoms. The normalized spacial score (nSPS) is 12.2. The first-order valence-electron chi connectivity index (χ1n) is 5.63. The molecule has 2 N–H and O–H groups in total. The van der Waals surface area contributed by atoms with Crippen LogP contribution in [0.5, 0.6) is 0 Å². The van der Waals surface area contributed by atoms with Crippen LogP contribution in [-0.2, 0) is 0 Å². The molecule has 0 radical (unpaired) electrons. The summed E-state index contributed by atoms with van der Waals surface area (Å²) >= 11 is 12.5. The van der Waals surface area contributed by atoms with Gasteiger partial charge in [0.2, 0.25) is 0 Å². The standard InChI is InChI=1S/C13H10Cl2FNO2S/c14-8-2-1-7(5-9(8)16)10(6-18)17-13(19)11-3-4-12(15)20-11/h1-5,10,18H,6H2,(H,17,19). The second-order valence-electron chi connectivity index (χ2n) is 3.99. The van der Waals surface area contributed by atoms with Gasteiger partial charge in [-0.15, -0.1) is 11.3 Å². The minimum Gasteiger partial charge on any atom is -0.394 e. The molecular formula is C13H10Cl2FNO2S. The van der Waals surface area contributed by atoms with Crippen LogP contribution in [-0.4, -0.2) is 17.6 Å². The van der Waals surface area contributed by atoms with Gasteiger partial charge in [-0.2, -0.15) is 0 Å². The van der Waals surface area contributed by atoms with E-state index in [2.05, 4.69) is 5.32 Å². The average molecular weight is 334 g/mol. The minimum absolute atomic E-state index is 0.0122. The Labute approximate surface area is 129 Å². The van der Waals surface area contributed by atoms with Gasteiger partial charge in [0.15, 0.2) is 0 Å². The Bertz CT molecular complexity index is 633. The van der Waals surface area contributed by atoms with E-state index in [1.807, 2.05) is 0 Å². The van der Waals surface area contributed by atoms with Crippen molar-refractivity contribution in [2.24, 2.45) is 0 Å². The summed E-state index contributed by atoms with van der Waals surface area (Å²) in [6.45, 7) is -0.355. The fourth-order valence-electron chi connectivity index (χ4n) is 1.63. The lowest BCUT2D eigenvalue weighted by atomic mass is 10.1. The Morgan fingerprint density at radius 1 is 1.35 bits per heavy atom. The number of aliphatic hydroxyl groups is 1. The van der Waals surface area contributed by atoms with E-state index in [4.69, 9.17) is 23.2 Å². The van der Waals surface area contributed by atoms with E-state index in [1.165, 1.54) is 12.1 Å². The van der Waals surface area contributed by atoms with Crippen LogP contribution < -0.4 is 5.32 Å². The first-order chi connectivity index (χ1) is 9.51. The molecular weight excluding hydrogens is 324 g/mol. The van der Waals surface area contributed by atoms with E-state index in [0.717, 1.165) is 11.3 Å². The van der Waals surface area contributed by atoms with Gasteiger partial charge in [-0.05, 0) is 29.8 Å². The summed E-state index contributed by atoms with van der Waals surface area (Å²) in [6, 6.07) is 6.59. The van der Waals surface area contributed by atoms with Crippen LogP contribution in [0.25, 0.3) is 0 Å². The summed E-state index contributed by atoms with van der Waals surface area (Å²) in [5.74, 6) is -0.979. The zero-order valence-corrected chi connectivity index (χ0v) is 12.4. The maximum Gasteiger partial charge on any atom is 0.261 e. The molecule has 3 nitrogen and oxygen atoms in total. The first kappa shape index (κ1) is 15.3. The molecule has 1 unspecified atom stereocenters. The summed E-state index contributed by atoms with van der Waals surface area (Å²) in [4.78, 5) is 12.4. The zero-order chi connectivity index (χ0) is 14.7. The van der Waals surface area contributed by atoms with Crippen molar-refractivity contribution in [2.45, 2.75) is 6.04 Å². The predicted molar refractivity (Wildman–Crippen MR) is 78.0 cm³/mol. The van der Waals surface area contributed by atoms with Gasteiger partial charge in [0.25, 0.3) is 5.91 Å². The predicted octanol–water partition coefficient (Wildman–Crippen LogP) is 3.66. The van der Waals surface area contributed by atoms with Crippen LogP contribution in [0.15, 0.2) is 30.3 Å². The van der Waals surface area contributed by atoms with E-state index in [9.17, 15) is 14.3 Å². The Morgan fingerprint density at radius 2 is 2.10 bits per heavy atom. The molecule has 0 aliphatic rings. The summed E-state index contributed by atoms with van der Waals surface area (Å²) < 4.78 is 13.9. The van der Waals surface area contributed by atoms with Gasteiger partial charge in [-0.25, -0.2) is 4.39 Å². The molecule has 0 spiro atoms. The molecule has 1 heterocycles. The molecule has 2 aromatic rings. The number of rotatable bonds is 4. The highest BCUT2D eigenvalue weighted by Gasteiger charge is 2.17. The third-order valence-electron chi connectivity index (χ3n) is 2.63. The van der Waals surface area contributed by atoms with Crippen molar-refractivity contribution in [3.63, 3.8) is 0 Å². The molecule has 0 aliphatic carbocycles. The van der Waals surface area contributed by atoms with Crippen LogP contribution in [0.2, 0.25) is 9.36 Å². The molecule has 0 bridgehead atoms.